The van der Waals surface area contributed by atoms with Gasteiger partial charge in [0.1, 0.15) is 0 Å². The van der Waals surface area contributed by atoms with Gasteiger partial charge in [-0.1, -0.05) is 24.3 Å². The molecular formula is C26H31N3O3. The molecule has 1 aromatic heterocycles. The summed E-state index contributed by atoms with van der Waals surface area (Å²) < 4.78 is 12.6. The van der Waals surface area contributed by atoms with Crippen LogP contribution in [0.4, 0.5) is 0 Å². The second-order valence-corrected chi connectivity index (χ2v) is 8.29. The van der Waals surface area contributed by atoms with E-state index in [1.165, 1.54) is 5.56 Å². The Balaban J connectivity index is 1.48. The number of hydrogen-bond donors (Lipinski definition) is 0. The maximum Gasteiger partial charge on any atom is 0.274 e. The van der Waals surface area contributed by atoms with Gasteiger partial charge in [0.05, 0.1) is 19.9 Å². The van der Waals surface area contributed by atoms with Crippen LogP contribution in [0.25, 0.3) is 5.69 Å². The van der Waals surface area contributed by atoms with E-state index in [4.69, 9.17) is 9.47 Å². The first-order valence-corrected chi connectivity index (χ1v) is 11.2. The molecule has 3 aromatic rings. The van der Waals surface area contributed by atoms with Crippen LogP contribution in [0.1, 0.15) is 47.4 Å². The van der Waals surface area contributed by atoms with Gasteiger partial charge in [-0.15, -0.1) is 0 Å². The molecule has 1 atom stereocenters. The number of likely N-dealkylation sites (tertiary alicyclic amines) is 1. The molecule has 6 nitrogen and oxygen atoms in total. The van der Waals surface area contributed by atoms with Gasteiger partial charge in [-0.3, -0.25) is 4.79 Å². The third-order valence-corrected chi connectivity index (χ3v) is 6.21. The minimum absolute atomic E-state index is 0.0276. The number of ether oxygens (including phenoxy) is 2. The average Bonchev–Trinajstić information content (AvgIpc) is 3.24. The number of nitrogens with zero attached hydrogens (tertiary/aromatic N) is 3. The lowest BCUT2D eigenvalue weighted by molar-refractivity contribution is 0.0595. The Labute approximate surface area is 189 Å². The van der Waals surface area contributed by atoms with Crippen LogP contribution in [0, 0.1) is 6.92 Å². The number of methoxy groups -OCH3 is 2. The summed E-state index contributed by atoms with van der Waals surface area (Å²) in [6.45, 7) is 2.77. The Bertz CT molecular complexity index is 1060. The van der Waals surface area contributed by atoms with Crippen molar-refractivity contribution >= 4 is 5.91 Å². The van der Waals surface area contributed by atoms with Crippen molar-refractivity contribution in [3.63, 3.8) is 0 Å². The van der Waals surface area contributed by atoms with Gasteiger partial charge in [-0.05, 0) is 74.9 Å². The summed E-state index contributed by atoms with van der Waals surface area (Å²) in [5, 5.41) is 4.64. The van der Waals surface area contributed by atoms with Crippen molar-refractivity contribution in [2.75, 3.05) is 20.8 Å². The van der Waals surface area contributed by atoms with Crippen LogP contribution in [0.5, 0.6) is 11.5 Å². The third-order valence-electron chi connectivity index (χ3n) is 6.21. The van der Waals surface area contributed by atoms with E-state index < -0.39 is 0 Å². The van der Waals surface area contributed by atoms with Crippen molar-refractivity contribution in [3.8, 4) is 17.2 Å². The molecule has 0 spiro atoms. The number of rotatable bonds is 7. The summed E-state index contributed by atoms with van der Waals surface area (Å²) in [6.07, 6.45) is 5.01. The Morgan fingerprint density at radius 1 is 1.03 bits per heavy atom. The number of benzene rings is 2. The zero-order valence-corrected chi connectivity index (χ0v) is 19.1. The number of aryl methyl sites for hydroxylation is 2. The van der Waals surface area contributed by atoms with Gasteiger partial charge in [0, 0.05) is 18.3 Å². The van der Waals surface area contributed by atoms with Crippen LogP contribution in [0.15, 0.2) is 54.6 Å². The molecule has 1 amide bonds. The van der Waals surface area contributed by atoms with Gasteiger partial charge >= 0.3 is 0 Å². The number of carbonyl (C=O) groups is 1. The zero-order valence-electron chi connectivity index (χ0n) is 19.1. The summed E-state index contributed by atoms with van der Waals surface area (Å²) >= 11 is 0. The molecule has 0 saturated carbocycles. The van der Waals surface area contributed by atoms with Crippen LogP contribution in [0.3, 0.4) is 0 Å². The van der Waals surface area contributed by atoms with E-state index in [1.807, 2.05) is 65.0 Å². The fourth-order valence-electron chi connectivity index (χ4n) is 4.49. The molecule has 2 aromatic carbocycles. The van der Waals surface area contributed by atoms with E-state index in [0.717, 1.165) is 61.5 Å². The summed E-state index contributed by atoms with van der Waals surface area (Å²) in [6, 6.07) is 18.1. The van der Waals surface area contributed by atoms with Crippen molar-refractivity contribution in [3.05, 3.63) is 71.5 Å². The summed E-state index contributed by atoms with van der Waals surface area (Å²) in [4.78, 5) is 15.4. The summed E-state index contributed by atoms with van der Waals surface area (Å²) in [7, 11) is 3.30. The van der Waals surface area contributed by atoms with Gasteiger partial charge in [0.15, 0.2) is 17.2 Å². The lowest BCUT2D eigenvalue weighted by Gasteiger charge is -2.35. The van der Waals surface area contributed by atoms with Crippen molar-refractivity contribution in [2.45, 2.75) is 45.1 Å². The van der Waals surface area contributed by atoms with E-state index in [2.05, 4.69) is 11.2 Å². The van der Waals surface area contributed by atoms with Gasteiger partial charge in [0.2, 0.25) is 0 Å². The van der Waals surface area contributed by atoms with Crippen molar-refractivity contribution in [1.29, 1.82) is 0 Å². The Morgan fingerprint density at radius 3 is 2.56 bits per heavy atom. The molecule has 1 fully saturated rings. The maximum absolute atomic E-state index is 13.4. The lowest BCUT2D eigenvalue weighted by atomic mass is 9.95. The van der Waals surface area contributed by atoms with Crippen molar-refractivity contribution in [1.82, 2.24) is 14.7 Å². The average molecular weight is 434 g/mol. The monoisotopic (exact) mass is 433 g/mol. The van der Waals surface area contributed by atoms with E-state index in [-0.39, 0.29) is 11.9 Å². The number of hydrogen-bond acceptors (Lipinski definition) is 4. The van der Waals surface area contributed by atoms with E-state index in [9.17, 15) is 4.79 Å². The molecule has 32 heavy (non-hydrogen) atoms. The minimum Gasteiger partial charge on any atom is -0.493 e. The largest absolute Gasteiger partial charge is 0.493 e. The number of piperidine rings is 1. The Morgan fingerprint density at radius 2 is 1.81 bits per heavy atom. The minimum atomic E-state index is 0.0276. The van der Waals surface area contributed by atoms with Crippen LogP contribution in [-0.2, 0) is 6.42 Å². The highest BCUT2D eigenvalue weighted by atomic mass is 16.5. The molecular weight excluding hydrogens is 402 g/mol. The lowest BCUT2D eigenvalue weighted by Crippen LogP contribution is -2.44. The molecule has 1 saturated heterocycles. The highest BCUT2D eigenvalue weighted by Gasteiger charge is 2.29. The van der Waals surface area contributed by atoms with Crippen molar-refractivity contribution < 1.29 is 14.3 Å². The van der Waals surface area contributed by atoms with Crippen LogP contribution in [0.2, 0.25) is 0 Å². The van der Waals surface area contributed by atoms with Crippen LogP contribution < -0.4 is 9.47 Å². The predicted octanol–water partition coefficient (Wildman–Crippen LogP) is 4.83. The zero-order chi connectivity index (χ0) is 22.5. The fourth-order valence-corrected chi connectivity index (χ4v) is 4.49. The molecule has 1 aliphatic heterocycles. The predicted molar refractivity (Wildman–Crippen MR) is 125 cm³/mol. The van der Waals surface area contributed by atoms with Gasteiger partial charge < -0.3 is 14.4 Å². The maximum atomic E-state index is 13.4. The first-order valence-electron chi connectivity index (χ1n) is 11.2. The number of aromatic nitrogens is 2. The molecule has 1 aliphatic rings. The number of amides is 1. The topological polar surface area (TPSA) is 56.6 Å². The van der Waals surface area contributed by atoms with Crippen LogP contribution in [-0.4, -0.2) is 47.4 Å². The Hall–Kier alpha value is -3.28. The van der Waals surface area contributed by atoms with Crippen molar-refractivity contribution in [2.24, 2.45) is 0 Å². The van der Waals surface area contributed by atoms with E-state index in [0.29, 0.717) is 5.69 Å². The molecule has 6 heteroatoms. The standard InChI is InChI=1S/C26H31N3O3/c1-19-17-23(27-29(19)22-10-5-4-6-11-22)26(30)28-16-8-7-9-21(28)14-12-20-13-15-24(31-2)25(18-20)32-3/h4-6,10-11,13,15,17-18,21H,7-9,12,14,16H2,1-3H3. The molecule has 0 N–H and O–H groups in total. The molecule has 0 aliphatic carbocycles. The fraction of sp³-hybridized carbons (Fsp3) is 0.385. The first kappa shape index (κ1) is 21.9. The smallest absolute Gasteiger partial charge is 0.274 e. The summed E-state index contributed by atoms with van der Waals surface area (Å²) in [5.74, 6) is 1.50. The quantitative estimate of drug-likeness (QED) is 0.536. The van der Waals surface area contributed by atoms with Gasteiger partial charge in [0.25, 0.3) is 5.91 Å². The molecule has 2 heterocycles. The SMILES string of the molecule is COc1ccc(CCC2CCCCN2C(=O)c2cc(C)n(-c3ccccc3)n2)cc1OC. The first-order chi connectivity index (χ1) is 15.6. The third kappa shape index (κ3) is 4.64. The van der Waals surface area contributed by atoms with E-state index in [1.54, 1.807) is 14.2 Å². The number of carbonyl (C=O) groups excluding carboxylic acids is 1. The van der Waals surface area contributed by atoms with E-state index >= 15 is 0 Å². The van der Waals surface area contributed by atoms with Gasteiger partial charge in [-0.2, -0.15) is 5.10 Å². The second-order valence-electron chi connectivity index (χ2n) is 8.29. The second kappa shape index (κ2) is 9.90. The summed E-state index contributed by atoms with van der Waals surface area (Å²) in [5.41, 5.74) is 3.63. The molecule has 1 unspecified atom stereocenters. The highest BCUT2D eigenvalue weighted by Crippen LogP contribution is 2.29. The number of para-hydroxylation sites is 1. The molecule has 168 valence electrons. The Kier molecular flexibility index (Phi) is 6.78. The van der Waals surface area contributed by atoms with Gasteiger partial charge in [-0.25, -0.2) is 4.68 Å². The normalized spacial score (nSPS) is 16.1. The molecule has 0 radical (unpaired) electrons. The van der Waals surface area contributed by atoms with Crippen LogP contribution >= 0.6 is 0 Å². The molecule has 4 rings (SSSR count). The molecule has 0 bridgehead atoms. The highest BCUT2D eigenvalue weighted by molar-refractivity contribution is 5.92.